The smallest absolute Gasteiger partial charge is 0.232 e. The van der Waals surface area contributed by atoms with Crippen LogP contribution in [0.3, 0.4) is 0 Å². The summed E-state index contributed by atoms with van der Waals surface area (Å²) in [6.45, 7) is 4.74. The van der Waals surface area contributed by atoms with Gasteiger partial charge in [0.15, 0.2) is 5.89 Å². The van der Waals surface area contributed by atoms with Crippen LogP contribution in [0.15, 0.2) is 28.9 Å². The lowest BCUT2D eigenvalue weighted by atomic mass is 10.1. The molecule has 2 aromatic rings. The SMILES string of the molecule is CC(C)Cc1nc(C#N)c(NCc2ccncc2)o1. The molecule has 2 heterocycles. The molecule has 0 aliphatic carbocycles. The monoisotopic (exact) mass is 256 g/mol. The van der Waals surface area contributed by atoms with Crippen LogP contribution in [0.4, 0.5) is 5.88 Å². The molecule has 0 unspecified atom stereocenters. The van der Waals surface area contributed by atoms with Crippen molar-refractivity contribution in [2.45, 2.75) is 26.8 Å². The molecule has 0 radical (unpaired) electrons. The third kappa shape index (κ3) is 3.55. The van der Waals surface area contributed by atoms with Crippen molar-refractivity contribution in [3.8, 4) is 6.07 Å². The fraction of sp³-hybridized carbons (Fsp3) is 0.357. The van der Waals surface area contributed by atoms with Crippen molar-refractivity contribution in [1.29, 1.82) is 5.26 Å². The molecule has 0 saturated carbocycles. The lowest BCUT2D eigenvalue weighted by Gasteiger charge is -2.02. The number of pyridine rings is 1. The Morgan fingerprint density at radius 2 is 2.11 bits per heavy atom. The summed E-state index contributed by atoms with van der Waals surface area (Å²) in [4.78, 5) is 8.13. The van der Waals surface area contributed by atoms with Crippen LogP contribution in [0, 0.1) is 17.2 Å². The van der Waals surface area contributed by atoms with Crippen molar-refractivity contribution in [2.75, 3.05) is 5.32 Å². The highest BCUT2D eigenvalue weighted by Crippen LogP contribution is 2.19. The summed E-state index contributed by atoms with van der Waals surface area (Å²) in [5.74, 6) is 1.48. The number of rotatable bonds is 5. The van der Waals surface area contributed by atoms with Crippen molar-refractivity contribution >= 4 is 5.88 Å². The third-order valence-electron chi connectivity index (χ3n) is 2.56. The van der Waals surface area contributed by atoms with Gasteiger partial charge in [0.1, 0.15) is 6.07 Å². The van der Waals surface area contributed by atoms with Crippen molar-refractivity contribution < 1.29 is 4.42 Å². The number of aromatic nitrogens is 2. The summed E-state index contributed by atoms with van der Waals surface area (Å²) in [5, 5.41) is 12.1. The molecular formula is C14H16N4O. The van der Waals surface area contributed by atoms with E-state index in [9.17, 15) is 0 Å². The second kappa shape index (κ2) is 6.01. The van der Waals surface area contributed by atoms with Gasteiger partial charge in [-0.25, -0.2) is 4.98 Å². The van der Waals surface area contributed by atoms with Gasteiger partial charge in [-0.1, -0.05) is 13.8 Å². The largest absolute Gasteiger partial charge is 0.424 e. The molecule has 2 aromatic heterocycles. The van der Waals surface area contributed by atoms with E-state index in [1.54, 1.807) is 12.4 Å². The van der Waals surface area contributed by atoms with Crippen LogP contribution in [0.2, 0.25) is 0 Å². The number of hydrogen-bond acceptors (Lipinski definition) is 5. The van der Waals surface area contributed by atoms with E-state index in [2.05, 4.69) is 29.1 Å². The first kappa shape index (κ1) is 13.1. The Kier molecular flexibility index (Phi) is 4.14. The van der Waals surface area contributed by atoms with Gasteiger partial charge >= 0.3 is 0 Å². The molecule has 19 heavy (non-hydrogen) atoms. The summed E-state index contributed by atoms with van der Waals surface area (Å²) in [5.41, 5.74) is 1.38. The molecule has 0 atom stereocenters. The van der Waals surface area contributed by atoms with Crippen LogP contribution in [0.25, 0.3) is 0 Å². The van der Waals surface area contributed by atoms with E-state index in [0.29, 0.717) is 29.9 Å². The fourth-order valence-electron chi connectivity index (χ4n) is 1.68. The number of anilines is 1. The molecule has 0 aliphatic heterocycles. The molecule has 0 fully saturated rings. The number of oxazole rings is 1. The number of nitrogens with zero attached hydrogens (tertiary/aromatic N) is 3. The topological polar surface area (TPSA) is 74.7 Å². The Bertz CT molecular complexity index is 569. The van der Waals surface area contributed by atoms with E-state index in [-0.39, 0.29) is 0 Å². The van der Waals surface area contributed by atoms with Crippen molar-refractivity contribution in [2.24, 2.45) is 5.92 Å². The molecule has 0 aliphatic rings. The molecule has 5 heteroatoms. The van der Waals surface area contributed by atoms with E-state index in [1.165, 1.54) is 0 Å². The maximum absolute atomic E-state index is 9.04. The standard InChI is InChI=1S/C14H16N4O/c1-10(2)7-13-18-12(8-15)14(19-13)17-9-11-3-5-16-6-4-11/h3-6,10,17H,7,9H2,1-2H3. The van der Waals surface area contributed by atoms with Gasteiger partial charge in [-0.05, 0) is 23.6 Å². The number of hydrogen-bond donors (Lipinski definition) is 1. The van der Waals surface area contributed by atoms with Crippen LogP contribution < -0.4 is 5.32 Å². The molecule has 0 saturated heterocycles. The molecule has 98 valence electrons. The van der Waals surface area contributed by atoms with Crippen LogP contribution in [-0.4, -0.2) is 9.97 Å². The minimum atomic E-state index is 0.310. The zero-order valence-electron chi connectivity index (χ0n) is 11.1. The molecule has 0 aromatic carbocycles. The number of nitriles is 1. The second-order valence-corrected chi connectivity index (χ2v) is 4.70. The minimum absolute atomic E-state index is 0.310. The Labute approximate surface area is 112 Å². The predicted molar refractivity (Wildman–Crippen MR) is 71.3 cm³/mol. The molecule has 5 nitrogen and oxygen atoms in total. The Morgan fingerprint density at radius 3 is 2.74 bits per heavy atom. The first-order valence-corrected chi connectivity index (χ1v) is 6.21. The lowest BCUT2D eigenvalue weighted by Crippen LogP contribution is -1.99. The van der Waals surface area contributed by atoms with Gasteiger partial charge in [0, 0.05) is 25.4 Å². The second-order valence-electron chi connectivity index (χ2n) is 4.70. The summed E-state index contributed by atoms with van der Waals surface area (Å²) in [6.07, 6.45) is 4.19. The molecule has 0 amide bonds. The van der Waals surface area contributed by atoms with E-state index in [1.807, 2.05) is 18.2 Å². The summed E-state index contributed by atoms with van der Waals surface area (Å²) < 4.78 is 5.58. The quantitative estimate of drug-likeness (QED) is 0.890. The van der Waals surface area contributed by atoms with Gasteiger partial charge in [0.25, 0.3) is 0 Å². The average molecular weight is 256 g/mol. The fourth-order valence-corrected chi connectivity index (χ4v) is 1.68. The van der Waals surface area contributed by atoms with E-state index < -0.39 is 0 Å². The first-order chi connectivity index (χ1) is 9.19. The van der Waals surface area contributed by atoms with Crippen LogP contribution in [-0.2, 0) is 13.0 Å². The Hall–Kier alpha value is -2.35. The Morgan fingerprint density at radius 1 is 1.37 bits per heavy atom. The minimum Gasteiger partial charge on any atom is -0.424 e. The molecule has 2 rings (SSSR count). The maximum Gasteiger partial charge on any atom is 0.232 e. The van der Waals surface area contributed by atoms with Gasteiger partial charge in [-0.2, -0.15) is 5.26 Å². The molecule has 0 bridgehead atoms. The van der Waals surface area contributed by atoms with Crippen LogP contribution >= 0.6 is 0 Å². The summed E-state index contributed by atoms with van der Waals surface area (Å²) >= 11 is 0. The third-order valence-corrected chi connectivity index (χ3v) is 2.56. The van der Waals surface area contributed by atoms with Crippen LogP contribution in [0.1, 0.15) is 31.0 Å². The summed E-state index contributed by atoms with van der Waals surface area (Å²) in [6, 6.07) is 5.86. The van der Waals surface area contributed by atoms with Gasteiger partial charge in [0.05, 0.1) is 0 Å². The zero-order valence-corrected chi connectivity index (χ0v) is 11.1. The normalized spacial score (nSPS) is 10.4. The van der Waals surface area contributed by atoms with Gasteiger partial charge in [-0.15, -0.1) is 0 Å². The highest BCUT2D eigenvalue weighted by Gasteiger charge is 2.13. The zero-order chi connectivity index (χ0) is 13.7. The number of nitrogens with one attached hydrogen (secondary N) is 1. The highest BCUT2D eigenvalue weighted by atomic mass is 16.4. The Balaban J connectivity index is 2.07. The summed E-state index contributed by atoms with van der Waals surface area (Å²) in [7, 11) is 0. The first-order valence-electron chi connectivity index (χ1n) is 6.21. The van der Waals surface area contributed by atoms with Gasteiger partial charge in [0.2, 0.25) is 11.6 Å². The van der Waals surface area contributed by atoms with E-state index in [0.717, 1.165) is 12.0 Å². The molecular weight excluding hydrogens is 240 g/mol. The lowest BCUT2D eigenvalue weighted by molar-refractivity contribution is 0.466. The predicted octanol–water partition coefficient (Wildman–Crippen LogP) is 2.75. The highest BCUT2D eigenvalue weighted by molar-refractivity contribution is 5.45. The molecule has 1 N–H and O–H groups in total. The van der Waals surface area contributed by atoms with Gasteiger partial charge in [-0.3, -0.25) is 4.98 Å². The van der Waals surface area contributed by atoms with Crippen molar-refractivity contribution in [1.82, 2.24) is 9.97 Å². The van der Waals surface area contributed by atoms with Gasteiger partial charge < -0.3 is 9.73 Å². The molecule has 0 spiro atoms. The van der Waals surface area contributed by atoms with E-state index in [4.69, 9.17) is 9.68 Å². The van der Waals surface area contributed by atoms with E-state index >= 15 is 0 Å². The average Bonchev–Trinajstić information content (AvgIpc) is 2.79. The van der Waals surface area contributed by atoms with Crippen LogP contribution in [0.5, 0.6) is 0 Å². The maximum atomic E-state index is 9.04. The van der Waals surface area contributed by atoms with Crippen molar-refractivity contribution in [3.05, 3.63) is 41.7 Å². The van der Waals surface area contributed by atoms with Crippen molar-refractivity contribution in [3.63, 3.8) is 0 Å².